The Bertz CT molecular complexity index is 963. The van der Waals surface area contributed by atoms with Gasteiger partial charge < -0.3 is 5.11 Å². The molecule has 0 saturated heterocycles. The molecule has 0 aliphatic carbocycles. The zero-order valence-corrected chi connectivity index (χ0v) is 14.6. The highest BCUT2D eigenvalue weighted by Gasteiger charge is 2.40. The maximum Gasteiger partial charge on any atom is 0.417 e. The molecule has 0 spiro atoms. The number of benzene rings is 2. The fourth-order valence-corrected chi connectivity index (χ4v) is 2.63. The standard InChI is InChI=1S/C18H9ClF8O2/c19-13-6-8(2-4-14(13)20)11(17(22,23)24)7-15(21)9-1-3-10(16(28)29)12(5-9)18(25,26)27/h1-7,11H,(H,28,29). The second-order valence-corrected chi connectivity index (χ2v) is 6.18. The summed E-state index contributed by atoms with van der Waals surface area (Å²) in [6.07, 6.45) is -10.3. The fraction of sp³-hybridized carbons (Fsp3) is 0.167. The Balaban J connectivity index is 2.58. The molecular formula is C18H9ClF8O2. The van der Waals surface area contributed by atoms with E-state index in [4.69, 9.17) is 16.7 Å². The van der Waals surface area contributed by atoms with Crippen LogP contribution in [-0.2, 0) is 6.18 Å². The number of carboxylic acid groups (broad SMARTS) is 1. The Morgan fingerprint density at radius 3 is 2.14 bits per heavy atom. The SMILES string of the molecule is O=C(O)c1ccc(C(F)=CC(c2ccc(F)c(Cl)c2)C(F)(F)F)cc1C(F)(F)F. The van der Waals surface area contributed by atoms with Gasteiger partial charge in [0, 0.05) is 5.56 Å². The number of hydrogen-bond donors (Lipinski definition) is 1. The Kier molecular flexibility index (Phi) is 6.27. The first-order chi connectivity index (χ1) is 13.2. The van der Waals surface area contributed by atoms with E-state index in [0.29, 0.717) is 30.3 Å². The molecule has 2 aromatic carbocycles. The lowest BCUT2D eigenvalue weighted by molar-refractivity contribution is -0.140. The van der Waals surface area contributed by atoms with Crippen molar-refractivity contribution in [1.82, 2.24) is 0 Å². The zero-order valence-electron chi connectivity index (χ0n) is 13.9. The van der Waals surface area contributed by atoms with Gasteiger partial charge in [-0.3, -0.25) is 0 Å². The van der Waals surface area contributed by atoms with Crippen molar-refractivity contribution in [3.63, 3.8) is 0 Å². The van der Waals surface area contributed by atoms with Crippen LogP contribution in [0.15, 0.2) is 42.5 Å². The Morgan fingerprint density at radius 1 is 1.03 bits per heavy atom. The minimum Gasteiger partial charge on any atom is -0.478 e. The lowest BCUT2D eigenvalue weighted by atomic mass is 9.95. The molecule has 0 amide bonds. The van der Waals surface area contributed by atoms with Crippen LogP contribution in [0.25, 0.3) is 5.83 Å². The van der Waals surface area contributed by atoms with Gasteiger partial charge in [0.1, 0.15) is 17.6 Å². The quantitative estimate of drug-likeness (QED) is 0.523. The van der Waals surface area contributed by atoms with Crippen molar-refractivity contribution in [3.8, 4) is 0 Å². The molecule has 0 bridgehead atoms. The van der Waals surface area contributed by atoms with Gasteiger partial charge >= 0.3 is 18.3 Å². The number of aromatic carboxylic acids is 1. The molecule has 11 heteroatoms. The summed E-state index contributed by atoms with van der Waals surface area (Å²) in [5.74, 6) is -7.29. The Hall–Kier alpha value is -2.62. The lowest BCUT2D eigenvalue weighted by Crippen LogP contribution is -2.19. The van der Waals surface area contributed by atoms with Crippen LogP contribution in [0.2, 0.25) is 5.02 Å². The summed E-state index contributed by atoms with van der Waals surface area (Å²) in [5, 5.41) is 8.15. The molecule has 0 radical (unpaired) electrons. The molecule has 2 aromatic rings. The van der Waals surface area contributed by atoms with E-state index in [1.54, 1.807) is 0 Å². The number of allylic oxidation sites excluding steroid dienone is 1. The van der Waals surface area contributed by atoms with Gasteiger partial charge in [-0.1, -0.05) is 23.7 Å². The van der Waals surface area contributed by atoms with Crippen molar-refractivity contribution in [2.45, 2.75) is 18.3 Å². The van der Waals surface area contributed by atoms with Crippen LogP contribution >= 0.6 is 11.6 Å². The third kappa shape index (κ3) is 5.26. The van der Waals surface area contributed by atoms with Crippen LogP contribution < -0.4 is 0 Å². The minimum atomic E-state index is -5.18. The summed E-state index contributed by atoms with van der Waals surface area (Å²) in [5.41, 5.74) is -4.46. The van der Waals surface area contributed by atoms with Gasteiger partial charge in [-0.15, -0.1) is 0 Å². The van der Waals surface area contributed by atoms with Crippen LogP contribution in [0.4, 0.5) is 35.1 Å². The van der Waals surface area contributed by atoms with E-state index in [0.717, 1.165) is 0 Å². The number of rotatable bonds is 4. The molecule has 2 nitrogen and oxygen atoms in total. The highest BCUT2D eigenvalue weighted by molar-refractivity contribution is 6.30. The summed E-state index contributed by atoms with van der Waals surface area (Å²) in [6.45, 7) is 0. The van der Waals surface area contributed by atoms with E-state index in [2.05, 4.69) is 0 Å². The van der Waals surface area contributed by atoms with E-state index in [1.807, 2.05) is 0 Å². The highest BCUT2D eigenvalue weighted by Crippen LogP contribution is 2.40. The summed E-state index contributed by atoms with van der Waals surface area (Å²) in [6, 6.07) is 3.10. The van der Waals surface area contributed by atoms with Gasteiger partial charge in [-0.2, -0.15) is 26.3 Å². The Morgan fingerprint density at radius 2 is 1.66 bits per heavy atom. The molecule has 1 N–H and O–H groups in total. The largest absolute Gasteiger partial charge is 0.478 e. The molecule has 0 fully saturated rings. The van der Waals surface area contributed by atoms with Crippen LogP contribution in [0.3, 0.4) is 0 Å². The van der Waals surface area contributed by atoms with Gasteiger partial charge in [0.25, 0.3) is 0 Å². The molecule has 0 aliphatic rings. The summed E-state index contributed by atoms with van der Waals surface area (Å²) in [7, 11) is 0. The Labute approximate surface area is 163 Å². The number of carboxylic acids is 1. The fourth-order valence-electron chi connectivity index (χ4n) is 2.44. The first-order valence-corrected chi connectivity index (χ1v) is 7.93. The third-order valence-electron chi connectivity index (χ3n) is 3.80. The maximum absolute atomic E-state index is 14.4. The predicted octanol–water partition coefficient (Wildman–Crippen LogP) is 6.85. The van der Waals surface area contributed by atoms with Crippen LogP contribution in [0.5, 0.6) is 0 Å². The molecule has 0 saturated carbocycles. The van der Waals surface area contributed by atoms with Gasteiger partial charge in [0.15, 0.2) is 0 Å². The first-order valence-electron chi connectivity index (χ1n) is 7.55. The molecular weight excluding hydrogens is 436 g/mol. The topological polar surface area (TPSA) is 37.3 Å². The summed E-state index contributed by atoms with van der Waals surface area (Å²) < 4.78 is 107. The van der Waals surface area contributed by atoms with E-state index in [9.17, 15) is 39.9 Å². The molecule has 2 rings (SSSR count). The van der Waals surface area contributed by atoms with Crippen molar-refractivity contribution < 1.29 is 45.0 Å². The minimum absolute atomic E-state index is 0.000501. The van der Waals surface area contributed by atoms with Gasteiger partial charge in [0.2, 0.25) is 0 Å². The normalized spacial score (nSPS) is 14.0. The van der Waals surface area contributed by atoms with Gasteiger partial charge in [0.05, 0.1) is 16.1 Å². The van der Waals surface area contributed by atoms with Crippen LogP contribution in [0.1, 0.15) is 33.0 Å². The van der Waals surface area contributed by atoms with E-state index in [-0.39, 0.29) is 12.1 Å². The number of hydrogen-bond acceptors (Lipinski definition) is 1. The first kappa shape index (κ1) is 22.7. The van der Waals surface area contributed by atoms with Crippen molar-refractivity contribution >= 4 is 23.4 Å². The van der Waals surface area contributed by atoms with Crippen LogP contribution in [0, 0.1) is 5.82 Å². The maximum atomic E-state index is 14.4. The highest BCUT2D eigenvalue weighted by atomic mass is 35.5. The van der Waals surface area contributed by atoms with Crippen molar-refractivity contribution in [3.05, 3.63) is 75.6 Å². The van der Waals surface area contributed by atoms with E-state index in [1.165, 1.54) is 0 Å². The number of halogens is 9. The summed E-state index contributed by atoms with van der Waals surface area (Å²) in [4.78, 5) is 10.9. The monoisotopic (exact) mass is 444 g/mol. The van der Waals surface area contributed by atoms with Crippen molar-refractivity contribution in [2.75, 3.05) is 0 Å². The van der Waals surface area contributed by atoms with Crippen LogP contribution in [-0.4, -0.2) is 17.3 Å². The predicted molar refractivity (Wildman–Crippen MR) is 87.7 cm³/mol. The molecule has 0 aliphatic heterocycles. The average molecular weight is 445 g/mol. The van der Waals surface area contributed by atoms with Gasteiger partial charge in [-0.05, 0) is 35.9 Å². The van der Waals surface area contributed by atoms with Crippen molar-refractivity contribution in [2.24, 2.45) is 0 Å². The molecule has 0 heterocycles. The second-order valence-electron chi connectivity index (χ2n) is 5.77. The molecule has 29 heavy (non-hydrogen) atoms. The third-order valence-corrected chi connectivity index (χ3v) is 4.09. The molecule has 1 unspecified atom stereocenters. The number of carbonyl (C=O) groups is 1. The van der Waals surface area contributed by atoms with E-state index < -0.39 is 63.2 Å². The van der Waals surface area contributed by atoms with Gasteiger partial charge in [-0.25, -0.2) is 13.6 Å². The summed E-state index contributed by atoms with van der Waals surface area (Å²) >= 11 is 5.44. The van der Waals surface area contributed by atoms with Crippen molar-refractivity contribution in [1.29, 1.82) is 0 Å². The second kappa shape index (κ2) is 8.02. The molecule has 156 valence electrons. The zero-order chi connectivity index (χ0) is 22.1. The lowest BCUT2D eigenvalue weighted by Gasteiger charge is -2.18. The molecule has 0 aromatic heterocycles. The van der Waals surface area contributed by atoms with E-state index >= 15 is 0 Å². The molecule has 1 atom stereocenters. The smallest absolute Gasteiger partial charge is 0.417 e. The number of alkyl halides is 6. The average Bonchev–Trinajstić information content (AvgIpc) is 2.59.